The van der Waals surface area contributed by atoms with Gasteiger partial charge in [0.2, 0.25) is 0 Å². The molecule has 0 heterocycles. The highest BCUT2D eigenvalue weighted by molar-refractivity contribution is 5.82. The van der Waals surface area contributed by atoms with Crippen LogP contribution in [0.25, 0.3) is 5.57 Å². The summed E-state index contributed by atoms with van der Waals surface area (Å²) >= 11 is 0. The number of aliphatic hydroxyl groups excluding tert-OH is 1. The largest absolute Gasteiger partial charge is 0.508 e. The maximum Gasteiger partial charge on any atom is 0.112 e. The maximum atomic E-state index is 9.79. The Bertz CT molecular complexity index is 561. The number of benzene rings is 1. The molecular formula is C17H18O. The zero-order valence-electron chi connectivity index (χ0n) is 10.7. The Labute approximate surface area is 108 Å². The summed E-state index contributed by atoms with van der Waals surface area (Å²) in [7, 11) is 0. The van der Waals surface area contributed by atoms with Gasteiger partial charge < -0.3 is 5.11 Å². The lowest BCUT2D eigenvalue weighted by Crippen LogP contribution is -1.94. The first-order valence-corrected chi connectivity index (χ1v) is 6.65. The first-order valence-electron chi connectivity index (χ1n) is 6.65. The lowest BCUT2D eigenvalue weighted by molar-refractivity contribution is 0.430. The van der Waals surface area contributed by atoms with Crippen molar-refractivity contribution < 1.29 is 5.11 Å². The molecule has 1 nitrogen and oxygen atoms in total. The van der Waals surface area contributed by atoms with Gasteiger partial charge in [-0.1, -0.05) is 37.3 Å². The molecule has 0 aromatic heterocycles. The van der Waals surface area contributed by atoms with Crippen molar-refractivity contribution in [3.63, 3.8) is 0 Å². The van der Waals surface area contributed by atoms with Crippen molar-refractivity contribution in [3.05, 3.63) is 65.0 Å². The first-order chi connectivity index (χ1) is 8.75. The second kappa shape index (κ2) is 4.49. The van der Waals surface area contributed by atoms with Crippen LogP contribution in [0, 0.1) is 0 Å². The Kier molecular flexibility index (Phi) is 2.83. The molecule has 0 amide bonds. The van der Waals surface area contributed by atoms with Gasteiger partial charge in [0, 0.05) is 0 Å². The minimum Gasteiger partial charge on any atom is -0.508 e. The van der Waals surface area contributed by atoms with E-state index in [2.05, 4.69) is 37.3 Å². The molecule has 1 aromatic rings. The molecule has 1 atom stereocenters. The summed E-state index contributed by atoms with van der Waals surface area (Å²) in [4.78, 5) is 0. The van der Waals surface area contributed by atoms with E-state index in [1.54, 1.807) is 0 Å². The minimum atomic E-state index is 0.406. The molecule has 92 valence electrons. The monoisotopic (exact) mass is 238 g/mol. The summed E-state index contributed by atoms with van der Waals surface area (Å²) in [6.45, 7) is 2.29. The summed E-state index contributed by atoms with van der Waals surface area (Å²) in [6.07, 6.45) is 9.05. The minimum absolute atomic E-state index is 0.406. The molecule has 0 spiro atoms. The van der Waals surface area contributed by atoms with Gasteiger partial charge in [0.25, 0.3) is 0 Å². The van der Waals surface area contributed by atoms with Crippen LogP contribution >= 0.6 is 0 Å². The first kappa shape index (κ1) is 11.3. The van der Waals surface area contributed by atoms with Crippen LogP contribution in [-0.2, 0) is 0 Å². The van der Waals surface area contributed by atoms with Gasteiger partial charge in [-0.15, -0.1) is 0 Å². The normalized spacial score (nSPS) is 22.7. The molecule has 2 aliphatic rings. The molecule has 18 heavy (non-hydrogen) atoms. The van der Waals surface area contributed by atoms with E-state index in [1.165, 1.54) is 22.3 Å². The number of aliphatic hydroxyl groups is 1. The van der Waals surface area contributed by atoms with E-state index < -0.39 is 0 Å². The highest BCUT2D eigenvalue weighted by Gasteiger charge is 2.21. The van der Waals surface area contributed by atoms with Crippen molar-refractivity contribution in [2.45, 2.75) is 32.1 Å². The van der Waals surface area contributed by atoms with Crippen molar-refractivity contribution in [1.82, 2.24) is 0 Å². The van der Waals surface area contributed by atoms with Gasteiger partial charge in [0.1, 0.15) is 5.76 Å². The quantitative estimate of drug-likeness (QED) is 0.692. The predicted octanol–water partition coefficient (Wildman–Crippen LogP) is 4.74. The molecule has 0 saturated heterocycles. The van der Waals surface area contributed by atoms with Crippen LogP contribution < -0.4 is 0 Å². The van der Waals surface area contributed by atoms with Crippen molar-refractivity contribution in [2.75, 3.05) is 0 Å². The van der Waals surface area contributed by atoms with Crippen molar-refractivity contribution in [1.29, 1.82) is 0 Å². The molecule has 1 aromatic carbocycles. The summed E-state index contributed by atoms with van der Waals surface area (Å²) in [6, 6.07) is 8.67. The molecular weight excluding hydrogens is 220 g/mol. The van der Waals surface area contributed by atoms with Crippen molar-refractivity contribution >= 4 is 5.57 Å². The van der Waals surface area contributed by atoms with E-state index >= 15 is 0 Å². The number of rotatable bonds is 0. The lowest BCUT2D eigenvalue weighted by Gasteiger charge is -2.13. The Morgan fingerprint density at radius 3 is 2.89 bits per heavy atom. The molecule has 1 heteroatoms. The van der Waals surface area contributed by atoms with Crippen LogP contribution in [0.2, 0.25) is 0 Å². The van der Waals surface area contributed by atoms with Gasteiger partial charge in [-0.05, 0) is 59.6 Å². The molecule has 1 N–H and O–H groups in total. The molecule has 1 unspecified atom stereocenters. The van der Waals surface area contributed by atoms with Crippen molar-refractivity contribution in [3.8, 4) is 0 Å². The highest BCUT2D eigenvalue weighted by Crippen LogP contribution is 2.40. The Balaban J connectivity index is 2.18. The predicted molar refractivity (Wildman–Crippen MR) is 75.5 cm³/mol. The smallest absolute Gasteiger partial charge is 0.112 e. The summed E-state index contributed by atoms with van der Waals surface area (Å²) in [5, 5.41) is 9.79. The van der Waals surface area contributed by atoms with E-state index in [-0.39, 0.29) is 0 Å². The second-order valence-electron chi connectivity index (χ2n) is 5.18. The average Bonchev–Trinajstić information content (AvgIpc) is 2.63. The number of fused-ring (bicyclic) bond motifs is 3. The number of allylic oxidation sites excluding steroid dienone is 5. The highest BCUT2D eigenvalue weighted by atomic mass is 16.3. The van der Waals surface area contributed by atoms with Crippen LogP contribution in [0.3, 0.4) is 0 Å². The topological polar surface area (TPSA) is 20.2 Å². The van der Waals surface area contributed by atoms with Crippen LogP contribution in [-0.4, -0.2) is 5.11 Å². The van der Waals surface area contributed by atoms with E-state index in [0.717, 1.165) is 19.3 Å². The summed E-state index contributed by atoms with van der Waals surface area (Å²) < 4.78 is 0. The standard InChI is InChI=1S/C17H18O/c1-12-9-10-13-11-14(18)5-4-8-16(13)17-7-3-2-6-15(12)17/h2-3,5-8,11-12,18H,4,9-10H2,1H3. The van der Waals surface area contributed by atoms with Gasteiger partial charge in [-0.2, -0.15) is 0 Å². The Morgan fingerprint density at radius 2 is 2.00 bits per heavy atom. The van der Waals surface area contributed by atoms with Gasteiger partial charge in [-0.25, -0.2) is 0 Å². The van der Waals surface area contributed by atoms with E-state index in [4.69, 9.17) is 0 Å². The Hall–Kier alpha value is -1.76. The fourth-order valence-electron chi connectivity index (χ4n) is 2.93. The summed E-state index contributed by atoms with van der Waals surface area (Å²) in [5.74, 6) is 0.990. The van der Waals surface area contributed by atoms with E-state index in [9.17, 15) is 5.11 Å². The van der Waals surface area contributed by atoms with Crippen LogP contribution in [0.4, 0.5) is 0 Å². The SMILES string of the molecule is CC1CCC2=CC(O)=CCC=C2c2ccccc21. The van der Waals surface area contributed by atoms with Gasteiger partial charge in [-0.3, -0.25) is 0 Å². The van der Waals surface area contributed by atoms with E-state index in [0.29, 0.717) is 11.7 Å². The zero-order valence-corrected chi connectivity index (χ0v) is 10.7. The van der Waals surface area contributed by atoms with Crippen LogP contribution in [0.15, 0.2) is 53.8 Å². The molecule has 3 rings (SSSR count). The average molecular weight is 238 g/mol. The zero-order chi connectivity index (χ0) is 12.5. The number of hydrogen-bond acceptors (Lipinski definition) is 1. The second-order valence-corrected chi connectivity index (χ2v) is 5.18. The molecule has 0 saturated carbocycles. The third kappa shape index (κ3) is 1.90. The molecule has 2 aliphatic carbocycles. The summed E-state index contributed by atoms with van der Waals surface area (Å²) in [5.41, 5.74) is 5.37. The number of hydrogen-bond donors (Lipinski definition) is 1. The fourth-order valence-corrected chi connectivity index (χ4v) is 2.93. The molecule has 0 fully saturated rings. The maximum absolute atomic E-state index is 9.79. The third-order valence-corrected chi connectivity index (χ3v) is 3.95. The van der Waals surface area contributed by atoms with Crippen LogP contribution in [0.5, 0.6) is 0 Å². The fraction of sp³-hybridized carbons (Fsp3) is 0.294. The molecule has 0 bridgehead atoms. The van der Waals surface area contributed by atoms with Crippen molar-refractivity contribution in [2.24, 2.45) is 0 Å². The van der Waals surface area contributed by atoms with Gasteiger partial charge in [0.05, 0.1) is 0 Å². The lowest BCUT2D eigenvalue weighted by atomic mass is 9.92. The van der Waals surface area contributed by atoms with Gasteiger partial charge in [0.15, 0.2) is 0 Å². The molecule has 0 radical (unpaired) electrons. The Morgan fingerprint density at radius 1 is 1.17 bits per heavy atom. The van der Waals surface area contributed by atoms with Crippen LogP contribution in [0.1, 0.15) is 43.2 Å². The third-order valence-electron chi connectivity index (χ3n) is 3.95. The van der Waals surface area contributed by atoms with Gasteiger partial charge >= 0.3 is 0 Å². The molecule has 0 aliphatic heterocycles. The van der Waals surface area contributed by atoms with E-state index in [1.807, 2.05) is 12.2 Å².